The van der Waals surface area contributed by atoms with E-state index in [1.54, 1.807) is 0 Å². The van der Waals surface area contributed by atoms with Crippen LogP contribution in [0, 0.1) is 5.92 Å². The number of hydrogen-bond acceptors (Lipinski definition) is 1. The van der Waals surface area contributed by atoms with Crippen LogP contribution in [0.1, 0.15) is 38.3 Å². The molecule has 0 bridgehead atoms. The third kappa shape index (κ3) is 4.15. The molecule has 0 aliphatic heterocycles. The molecule has 0 radical (unpaired) electrons. The maximum atomic E-state index is 6.01. The Labute approximate surface area is 104 Å². The van der Waals surface area contributed by atoms with E-state index in [-0.39, 0.29) is 6.04 Å². The molecule has 1 aromatic carbocycles. The van der Waals surface area contributed by atoms with Gasteiger partial charge in [0.1, 0.15) is 0 Å². The monoisotopic (exact) mass is 239 g/mol. The molecule has 1 nitrogen and oxygen atoms in total. The van der Waals surface area contributed by atoms with Gasteiger partial charge in [-0.25, -0.2) is 0 Å². The van der Waals surface area contributed by atoms with E-state index in [0.717, 1.165) is 12.5 Å². The molecular weight excluding hydrogens is 218 g/mol. The summed E-state index contributed by atoms with van der Waals surface area (Å²) in [5.74, 6) is 1.39. The molecule has 1 N–H and O–H groups in total. The zero-order valence-electron chi connectivity index (χ0n) is 10.2. The Morgan fingerprint density at radius 1 is 1.12 bits per heavy atom. The van der Waals surface area contributed by atoms with Crippen molar-refractivity contribution in [3.63, 3.8) is 0 Å². The number of hydrogen-bond donors (Lipinski definition) is 1. The first kappa shape index (κ1) is 13.5. The molecule has 0 saturated heterocycles. The summed E-state index contributed by atoms with van der Waals surface area (Å²) in [6, 6.07) is 10.7. The summed E-state index contributed by atoms with van der Waals surface area (Å²) >= 11 is 6.01. The molecule has 0 aromatic heterocycles. The van der Waals surface area contributed by atoms with Crippen molar-refractivity contribution in [2.75, 3.05) is 12.4 Å². The van der Waals surface area contributed by atoms with E-state index in [1.165, 1.54) is 18.4 Å². The summed E-state index contributed by atoms with van der Waals surface area (Å²) in [5, 5.41) is 3.56. The highest BCUT2D eigenvalue weighted by atomic mass is 35.5. The fourth-order valence-corrected chi connectivity index (χ4v) is 2.12. The van der Waals surface area contributed by atoms with Crippen LogP contribution in [0.5, 0.6) is 0 Å². The van der Waals surface area contributed by atoms with E-state index in [0.29, 0.717) is 5.88 Å². The minimum atomic E-state index is 0.281. The highest BCUT2D eigenvalue weighted by molar-refractivity contribution is 6.18. The molecule has 1 rings (SSSR count). The SMILES string of the molecule is CCC(CC)CNC(CCl)c1ccccc1. The van der Waals surface area contributed by atoms with Gasteiger partial charge >= 0.3 is 0 Å². The molecule has 2 heteroatoms. The van der Waals surface area contributed by atoms with Gasteiger partial charge in [-0.3, -0.25) is 0 Å². The van der Waals surface area contributed by atoms with Crippen molar-refractivity contribution >= 4 is 11.6 Å². The van der Waals surface area contributed by atoms with Gasteiger partial charge in [0, 0.05) is 11.9 Å². The maximum absolute atomic E-state index is 6.01. The van der Waals surface area contributed by atoms with Crippen molar-refractivity contribution in [2.24, 2.45) is 5.92 Å². The van der Waals surface area contributed by atoms with Crippen molar-refractivity contribution in [3.8, 4) is 0 Å². The minimum absolute atomic E-state index is 0.281. The second kappa shape index (κ2) is 7.70. The van der Waals surface area contributed by atoms with Gasteiger partial charge in [0.2, 0.25) is 0 Å². The maximum Gasteiger partial charge on any atom is 0.0457 e. The molecule has 0 amide bonds. The molecular formula is C14H22ClN. The van der Waals surface area contributed by atoms with E-state index in [9.17, 15) is 0 Å². The third-order valence-electron chi connectivity index (χ3n) is 3.16. The summed E-state index contributed by atoms with van der Waals surface area (Å²) in [7, 11) is 0. The van der Waals surface area contributed by atoms with Crippen molar-refractivity contribution in [1.82, 2.24) is 5.32 Å². The summed E-state index contributed by atoms with van der Waals surface area (Å²) in [6.07, 6.45) is 2.46. The van der Waals surface area contributed by atoms with Crippen molar-refractivity contribution in [3.05, 3.63) is 35.9 Å². The first-order valence-corrected chi connectivity index (χ1v) is 6.69. The van der Waals surface area contributed by atoms with Crippen molar-refractivity contribution in [2.45, 2.75) is 32.7 Å². The molecule has 1 atom stereocenters. The first-order valence-electron chi connectivity index (χ1n) is 6.16. The van der Waals surface area contributed by atoms with Crippen LogP contribution in [0.4, 0.5) is 0 Å². The van der Waals surface area contributed by atoms with E-state index in [2.05, 4.69) is 43.4 Å². The summed E-state index contributed by atoms with van der Waals surface area (Å²) in [4.78, 5) is 0. The quantitative estimate of drug-likeness (QED) is 0.710. The Morgan fingerprint density at radius 2 is 1.75 bits per heavy atom. The summed E-state index contributed by atoms with van der Waals surface area (Å²) in [6.45, 7) is 5.54. The van der Waals surface area contributed by atoms with Crippen LogP contribution >= 0.6 is 11.6 Å². The molecule has 0 heterocycles. The second-order valence-corrected chi connectivity index (χ2v) is 4.52. The molecule has 0 aliphatic rings. The number of alkyl halides is 1. The Balaban J connectivity index is 2.50. The lowest BCUT2D eigenvalue weighted by molar-refractivity contribution is 0.424. The predicted molar refractivity (Wildman–Crippen MR) is 72.0 cm³/mol. The van der Waals surface area contributed by atoms with E-state index in [4.69, 9.17) is 11.6 Å². The average Bonchev–Trinajstić information content (AvgIpc) is 2.36. The molecule has 0 spiro atoms. The van der Waals surface area contributed by atoms with Crippen LogP contribution in [-0.4, -0.2) is 12.4 Å². The Morgan fingerprint density at radius 3 is 2.25 bits per heavy atom. The predicted octanol–water partition coefficient (Wildman–Crippen LogP) is 3.99. The molecule has 1 unspecified atom stereocenters. The van der Waals surface area contributed by atoms with Gasteiger partial charge in [-0.15, -0.1) is 11.6 Å². The third-order valence-corrected chi connectivity index (χ3v) is 3.47. The average molecular weight is 240 g/mol. The number of rotatable bonds is 7. The fourth-order valence-electron chi connectivity index (χ4n) is 1.83. The van der Waals surface area contributed by atoms with Crippen LogP contribution < -0.4 is 5.32 Å². The molecule has 0 fully saturated rings. The Bertz CT molecular complexity index is 269. The lowest BCUT2D eigenvalue weighted by atomic mass is 10.0. The van der Waals surface area contributed by atoms with Crippen molar-refractivity contribution < 1.29 is 0 Å². The smallest absolute Gasteiger partial charge is 0.0457 e. The van der Waals surface area contributed by atoms with Gasteiger partial charge in [-0.05, 0) is 18.0 Å². The van der Waals surface area contributed by atoms with Gasteiger partial charge in [-0.1, -0.05) is 57.0 Å². The molecule has 90 valence electrons. The molecule has 1 aromatic rings. The van der Waals surface area contributed by atoms with E-state index < -0.39 is 0 Å². The topological polar surface area (TPSA) is 12.0 Å². The fraction of sp³-hybridized carbons (Fsp3) is 0.571. The zero-order valence-corrected chi connectivity index (χ0v) is 11.0. The van der Waals surface area contributed by atoms with Crippen LogP contribution in [0.3, 0.4) is 0 Å². The van der Waals surface area contributed by atoms with Crippen molar-refractivity contribution in [1.29, 1.82) is 0 Å². The number of nitrogens with one attached hydrogen (secondary N) is 1. The number of halogens is 1. The van der Waals surface area contributed by atoms with Gasteiger partial charge in [-0.2, -0.15) is 0 Å². The van der Waals surface area contributed by atoms with Crippen LogP contribution in [0.25, 0.3) is 0 Å². The normalized spacial score (nSPS) is 13.0. The van der Waals surface area contributed by atoms with Crippen LogP contribution in [-0.2, 0) is 0 Å². The van der Waals surface area contributed by atoms with Crippen LogP contribution in [0.15, 0.2) is 30.3 Å². The zero-order chi connectivity index (χ0) is 11.8. The summed E-state index contributed by atoms with van der Waals surface area (Å²) in [5.41, 5.74) is 1.28. The standard InChI is InChI=1S/C14H22ClN/c1-3-12(4-2)11-16-14(10-15)13-8-6-5-7-9-13/h5-9,12,14,16H,3-4,10-11H2,1-2H3. The Hall–Kier alpha value is -0.530. The highest BCUT2D eigenvalue weighted by Crippen LogP contribution is 2.15. The number of benzene rings is 1. The lowest BCUT2D eigenvalue weighted by Gasteiger charge is -2.20. The molecule has 0 aliphatic carbocycles. The summed E-state index contributed by atoms with van der Waals surface area (Å²) < 4.78 is 0. The lowest BCUT2D eigenvalue weighted by Crippen LogP contribution is -2.28. The van der Waals surface area contributed by atoms with Gasteiger partial charge in [0.05, 0.1) is 0 Å². The first-order chi connectivity index (χ1) is 7.81. The van der Waals surface area contributed by atoms with Gasteiger partial charge in [0.15, 0.2) is 0 Å². The van der Waals surface area contributed by atoms with Gasteiger partial charge < -0.3 is 5.32 Å². The van der Waals surface area contributed by atoms with E-state index >= 15 is 0 Å². The minimum Gasteiger partial charge on any atom is -0.309 e. The second-order valence-electron chi connectivity index (χ2n) is 4.21. The van der Waals surface area contributed by atoms with Crippen LogP contribution in [0.2, 0.25) is 0 Å². The highest BCUT2D eigenvalue weighted by Gasteiger charge is 2.11. The largest absolute Gasteiger partial charge is 0.309 e. The Kier molecular flexibility index (Phi) is 6.51. The van der Waals surface area contributed by atoms with Gasteiger partial charge in [0.25, 0.3) is 0 Å². The van der Waals surface area contributed by atoms with E-state index in [1.807, 2.05) is 6.07 Å². The molecule has 16 heavy (non-hydrogen) atoms. The molecule has 0 saturated carbocycles.